The van der Waals surface area contributed by atoms with E-state index in [1.54, 1.807) is 0 Å². The average Bonchev–Trinajstić information content (AvgIpc) is 3.30. The van der Waals surface area contributed by atoms with Gasteiger partial charge >= 0.3 is 6.18 Å². The summed E-state index contributed by atoms with van der Waals surface area (Å²) >= 11 is 5.46. The third kappa shape index (κ3) is 5.75. The minimum Gasteiger partial charge on any atom is -0.356 e. The first-order chi connectivity index (χ1) is 16.3. The maximum absolute atomic E-state index is 12.8. The van der Waals surface area contributed by atoms with Gasteiger partial charge in [0.25, 0.3) is 0 Å². The van der Waals surface area contributed by atoms with Gasteiger partial charge in [0.05, 0.1) is 11.6 Å². The number of hydrogen-bond donors (Lipinski definition) is 2. The molecule has 0 radical (unpaired) electrons. The number of benzene rings is 3. The van der Waals surface area contributed by atoms with E-state index in [-0.39, 0.29) is 6.04 Å². The molecule has 1 atom stereocenters. The smallest absolute Gasteiger partial charge is 0.356 e. The Morgan fingerprint density at radius 1 is 0.882 bits per heavy atom. The molecular formula is C27H24F3N2PS. The molecule has 0 bridgehead atoms. The zero-order valence-electron chi connectivity index (χ0n) is 18.5. The van der Waals surface area contributed by atoms with Crippen LogP contribution in [-0.4, -0.2) is 11.2 Å². The largest absolute Gasteiger partial charge is 0.416 e. The summed E-state index contributed by atoms with van der Waals surface area (Å²) in [4.78, 5) is 0. The second kappa shape index (κ2) is 10.5. The number of thiocarbonyl (C=S) groups is 1. The second-order valence-corrected chi connectivity index (χ2v) is 10.6. The molecule has 174 valence electrons. The molecule has 0 spiro atoms. The van der Waals surface area contributed by atoms with Gasteiger partial charge in [-0.05, 0) is 79.2 Å². The molecule has 0 unspecified atom stereocenters. The van der Waals surface area contributed by atoms with E-state index in [1.807, 2.05) is 12.1 Å². The van der Waals surface area contributed by atoms with Gasteiger partial charge in [0, 0.05) is 5.69 Å². The van der Waals surface area contributed by atoms with Crippen LogP contribution < -0.4 is 21.2 Å². The van der Waals surface area contributed by atoms with E-state index >= 15 is 0 Å². The van der Waals surface area contributed by atoms with E-state index in [0.29, 0.717) is 10.8 Å². The fourth-order valence-corrected chi connectivity index (χ4v) is 6.90. The Labute approximate surface area is 204 Å². The average molecular weight is 497 g/mol. The molecule has 0 amide bonds. The summed E-state index contributed by atoms with van der Waals surface area (Å²) in [5, 5.41) is 10.6. The quantitative estimate of drug-likeness (QED) is 0.292. The van der Waals surface area contributed by atoms with Crippen LogP contribution in [0.2, 0.25) is 0 Å². The van der Waals surface area contributed by atoms with Crippen molar-refractivity contribution < 1.29 is 13.2 Å². The Bertz CT molecular complexity index is 1150. The molecule has 0 saturated carbocycles. The van der Waals surface area contributed by atoms with E-state index in [2.05, 4.69) is 78.2 Å². The standard InChI is InChI=1S/C27H24F3N2PS/c1-19(31-26(34)32-21-17-15-20(16-18-21)27(28,29)30)24-13-8-14-25(24)33(22-9-4-2-5-10-22)23-11-6-3-7-12-23/h2-13,15-19H,14H2,1H3,(H2,31,32,34)/t19-/m0/s1. The highest BCUT2D eigenvalue weighted by molar-refractivity contribution is 7.80. The molecule has 7 heteroatoms. The van der Waals surface area contributed by atoms with Crippen LogP contribution in [-0.2, 0) is 6.18 Å². The fourth-order valence-electron chi connectivity index (χ4n) is 3.93. The first-order valence-corrected chi connectivity index (χ1v) is 12.6. The summed E-state index contributed by atoms with van der Waals surface area (Å²) in [6, 6.07) is 25.8. The maximum atomic E-state index is 12.8. The molecule has 0 saturated heterocycles. The molecule has 0 fully saturated rings. The van der Waals surface area contributed by atoms with Gasteiger partial charge < -0.3 is 10.6 Å². The van der Waals surface area contributed by atoms with Crippen LogP contribution in [0.5, 0.6) is 0 Å². The van der Waals surface area contributed by atoms with E-state index in [1.165, 1.54) is 33.6 Å². The molecule has 34 heavy (non-hydrogen) atoms. The van der Waals surface area contributed by atoms with Gasteiger partial charge in [0.15, 0.2) is 5.11 Å². The summed E-state index contributed by atoms with van der Waals surface area (Å²) in [5.41, 5.74) is 1.01. The summed E-state index contributed by atoms with van der Waals surface area (Å²) in [6.45, 7) is 2.05. The van der Waals surface area contributed by atoms with Crippen molar-refractivity contribution in [2.24, 2.45) is 0 Å². The summed E-state index contributed by atoms with van der Waals surface area (Å²) in [6.07, 6.45) is 0.834. The molecule has 3 aromatic carbocycles. The lowest BCUT2D eigenvalue weighted by Crippen LogP contribution is -2.37. The zero-order chi connectivity index (χ0) is 24.1. The third-order valence-electron chi connectivity index (χ3n) is 5.52. The number of anilines is 1. The minimum atomic E-state index is -4.36. The monoisotopic (exact) mass is 496 g/mol. The lowest BCUT2D eigenvalue weighted by molar-refractivity contribution is -0.137. The lowest BCUT2D eigenvalue weighted by atomic mass is 10.1. The van der Waals surface area contributed by atoms with Crippen molar-refractivity contribution in [3.8, 4) is 0 Å². The molecule has 0 heterocycles. The number of allylic oxidation sites excluding steroid dienone is 2. The Hall–Kier alpha value is -2.95. The number of nitrogens with one attached hydrogen (secondary N) is 2. The van der Waals surface area contributed by atoms with Crippen molar-refractivity contribution in [3.05, 3.63) is 114 Å². The van der Waals surface area contributed by atoms with Crippen LogP contribution in [0.3, 0.4) is 0 Å². The molecule has 2 N–H and O–H groups in total. The normalized spacial score (nSPS) is 14.4. The Balaban J connectivity index is 1.54. The first kappa shape index (κ1) is 24.2. The van der Waals surface area contributed by atoms with Crippen LogP contribution in [0, 0.1) is 0 Å². The number of alkyl halides is 3. The van der Waals surface area contributed by atoms with E-state index < -0.39 is 19.7 Å². The molecule has 0 aromatic heterocycles. The maximum Gasteiger partial charge on any atom is 0.416 e. The summed E-state index contributed by atoms with van der Waals surface area (Å²) < 4.78 is 38.4. The van der Waals surface area contributed by atoms with E-state index in [0.717, 1.165) is 18.6 Å². The van der Waals surface area contributed by atoms with Crippen molar-refractivity contribution in [1.29, 1.82) is 0 Å². The van der Waals surface area contributed by atoms with Crippen molar-refractivity contribution in [2.75, 3.05) is 5.32 Å². The minimum absolute atomic E-state index is 0.0689. The van der Waals surface area contributed by atoms with Crippen LogP contribution >= 0.6 is 20.1 Å². The topological polar surface area (TPSA) is 24.1 Å². The second-order valence-electron chi connectivity index (χ2n) is 7.91. The van der Waals surface area contributed by atoms with Crippen LogP contribution in [0.15, 0.2) is 108 Å². The third-order valence-corrected chi connectivity index (χ3v) is 8.35. The molecule has 1 aliphatic rings. The fraction of sp³-hybridized carbons (Fsp3) is 0.148. The van der Waals surface area contributed by atoms with Crippen molar-refractivity contribution >= 4 is 41.5 Å². The highest BCUT2D eigenvalue weighted by atomic mass is 32.1. The van der Waals surface area contributed by atoms with Gasteiger partial charge in [-0.3, -0.25) is 0 Å². The Kier molecular flexibility index (Phi) is 7.50. The molecule has 4 rings (SSSR count). The van der Waals surface area contributed by atoms with Crippen molar-refractivity contribution in [3.63, 3.8) is 0 Å². The van der Waals surface area contributed by atoms with Gasteiger partial charge in [0.1, 0.15) is 0 Å². The Morgan fingerprint density at radius 2 is 1.44 bits per heavy atom. The van der Waals surface area contributed by atoms with Crippen LogP contribution in [0.25, 0.3) is 0 Å². The van der Waals surface area contributed by atoms with E-state index in [9.17, 15) is 13.2 Å². The van der Waals surface area contributed by atoms with Gasteiger partial charge in [-0.2, -0.15) is 13.2 Å². The molecular weight excluding hydrogens is 472 g/mol. The van der Waals surface area contributed by atoms with Crippen LogP contribution in [0.4, 0.5) is 18.9 Å². The molecule has 2 nitrogen and oxygen atoms in total. The van der Waals surface area contributed by atoms with Gasteiger partial charge in [-0.15, -0.1) is 0 Å². The van der Waals surface area contributed by atoms with Crippen molar-refractivity contribution in [2.45, 2.75) is 25.6 Å². The SMILES string of the molecule is C[C@H](NC(=S)Nc1ccc(C(F)(F)F)cc1)C1=C(P(c2ccccc2)c2ccccc2)CC=C1. The first-order valence-electron chi connectivity index (χ1n) is 10.9. The van der Waals surface area contributed by atoms with Gasteiger partial charge in [-0.25, -0.2) is 0 Å². The molecule has 0 aliphatic heterocycles. The summed E-state index contributed by atoms with van der Waals surface area (Å²) in [5.74, 6) is 0. The van der Waals surface area contributed by atoms with Gasteiger partial charge in [0.2, 0.25) is 0 Å². The van der Waals surface area contributed by atoms with Crippen molar-refractivity contribution in [1.82, 2.24) is 5.32 Å². The zero-order valence-corrected chi connectivity index (χ0v) is 20.2. The van der Waals surface area contributed by atoms with Gasteiger partial charge in [-0.1, -0.05) is 72.8 Å². The number of rotatable bonds is 6. The Morgan fingerprint density at radius 3 is 1.97 bits per heavy atom. The predicted octanol–water partition coefficient (Wildman–Crippen LogP) is 6.73. The molecule has 1 aliphatic carbocycles. The summed E-state index contributed by atoms with van der Waals surface area (Å²) in [7, 11) is -0.705. The van der Waals surface area contributed by atoms with E-state index in [4.69, 9.17) is 12.2 Å². The highest BCUT2D eigenvalue weighted by Crippen LogP contribution is 2.49. The number of halogens is 3. The highest BCUT2D eigenvalue weighted by Gasteiger charge is 2.30. The number of hydrogen-bond acceptors (Lipinski definition) is 1. The predicted molar refractivity (Wildman–Crippen MR) is 140 cm³/mol. The molecule has 3 aromatic rings. The van der Waals surface area contributed by atoms with Crippen LogP contribution in [0.1, 0.15) is 18.9 Å². The lowest BCUT2D eigenvalue weighted by Gasteiger charge is -2.25.